The van der Waals surface area contributed by atoms with E-state index >= 15 is 0 Å². The molecule has 0 heterocycles. The van der Waals surface area contributed by atoms with Gasteiger partial charge in [-0.05, 0) is 31.5 Å². The van der Waals surface area contributed by atoms with Gasteiger partial charge in [-0.1, -0.05) is 28.1 Å². The monoisotopic (exact) mass is 283 g/mol. The van der Waals surface area contributed by atoms with Gasteiger partial charge in [0.2, 0.25) is 0 Å². The van der Waals surface area contributed by atoms with Gasteiger partial charge in [-0.2, -0.15) is 0 Å². The minimum Gasteiger partial charge on any atom is -0.357 e. The third-order valence-electron chi connectivity index (χ3n) is 2.00. The summed E-state index contributed by atoms with van der Waals surface area (Å²) in [5.74, 6) is 0.866. The lowest BCUT2D eigenvalue weighted by molar-refractivity contribution is 0.839. The van der Waals surface area contributed by atoms with E-state index in [1.54, 1.807) is 0 Å². The highest BCUT2D eigenvalue weighted by Crippen LogP contribution is 2.12. The molecule has 0 aliphatic rings. The van der Waals surface area contributed by atoms with Crippen molar-refractivity contribution in [1.82, 2.24) is 10.6 Å². The molecule has 0 atom stereocenters. The molecule has 0 unspecified atom stereocenters. The van der Waals surface area contributed by atoms with Gasteiger partial charge < -0.3 is 10.6 Å². The number of hydrogen-bond acceptors (Lipinski definition) is 1. The lowest BCUT2D eigenvalue weighted by Crippen LogP contribution is -2.36. The molecule has 16 heavy (non-hydrogen) atoms. The molecule has 1 aromatic rings. The molecule has 4 heteroatoms. The first-order chi connectivity index (χ1) is 7.76. The number of halogens is 1. The average molecular weight is 284 g/mol. The summed E-state index contributed by atoms with van der Waals surface area (Å²) in [6.07, 6.45) is 0. The van der Waals surface area contributed by atoms with Crippen molar-refractivity contribution in [2.75, 3.05) is 13.1 Å². The Morgan fingerprint density at radius 1 is 1.25 bits per heavy atom. The van der Waals surface area contributed by atoms with Gasteiger partial charge in [-0.25, -0.2) is 4.99 Å². The van der Waals surface area contributed by atoms with E-state index in [4.69, 9.17) is 0 Å². The highest BCUT2D eigenvalue weighted by Gasteiger charge is 1.96. The molecule has 0 aliphatic heterocycles. The average Bonchev–Trinajstić information content (AvgIpc) is 2.27. The number of nitrogens with one attached hydrogen (secondary N) is 2. The minimum atomic E-state index is 0.689. The summed E-state index contributed by atoms with van der Waals surface area (Å²) < 4.78 is 1.09. The summed E-state index contributed by atoms with van der Waals surface area (Å²) in [6.45, 7) is 6.57. The molecule has 0 radical (unpaired) electrons. The van der Waals surface area contributed by atoms with Gasteiger partial charge in [0.25, 0.3) is 0 Å². The fourth-order valence-electron chi connectivity index (χ4n) is 1.31. The van der Waals surface area contributed by atoms with E-state index in [2.05, 4.69) is 57.5 Å². The van der Waals surface area contributed by atoms with E-state index in [1.807, 2.05) is 12.1 Å². The Balaban J connectivity index is 2.61. The normalized spacial score (nSPS) is 9.69. The molecule has 0 fully saturated rings. The summed E-state index contributed by atoms with van der Waals surface area (Å²) in [7, 11) is 0. The molecule has 0 amide bonds. The predicted octanol–water partition coefficient (Wildman–Crippen LogP) is 2.52. The van der Waals surface area contributed by atoms with Crippen LogP contribution < -0.4 is 10.6 Å². The second kappa shape index (κ2) is 7.28. The van der Waals surface area contributed by atoms with E-state index in [-0.39, 0.29) is 0 Å². The first-order valence-electron chi connectivity index (χ1n) is 5.53. The summed E-state index contributed by atoms with van der Waals surface area (Å²) in [6, 6.07) is 8.20. The van der Waals surface area contributed by atoms with Crippen LogP contribution in [0.4, 0.5) is 0 Å². The summed E-state index contributed by atoms with van der Waals surface area (Å²) >= 11 is 3.45. The Hall–Kier alpha value is -1.03. The zero-order valence-electron chi connectivity index (χ0n) is 9.76. The van der Waals surface area contributed by atoms with Gasteiger partial charge in [-0.3, -0.25) is 0 Å². The number of guanidine groups is 1. The van der Waals surface area contributed by atoms with E-state index in [0.717, 1.165) is 23.5 Å². The molecule has 88 valence electrons. The maximum Gasteiger partial charge on any atom is 0.191 e. The van der Waals surface area contributed by atoms with Gasteiger partial charge in [0.15, 0.2) is 5.96 Å². The fraction of sp³-hybridized carbons (Fsp3) is 0.417. The van der Waals surface area contributed by atoms with Crippen LogP contribution in [0.1, 0.15) is 19.4 Å². The van der Waals surface area contributed by atoms with Crippen molar-refractivity contribution >= 4 is 21.9 Å². The Kier molecular flexibility index (Phi) is 5.93. The Bertz CT molecular complexity index is 342. The van der Waals surface area contributed by atoms with Gasteiger partial charge >= 0.3 is 0 Å². The molecule has 0 aliphatic carbocycles. The van der Waals surface area contributed by atoms with Crippen LogP contribution in [0.2, 0.25) is 0 Å². The smallest absolute Gasteiger partial charge is 0.191 e. The predicted molar refractivity (Wildman–Crippen MR) is 72.6 cm³/mol. The van der Waals surface area contributed by atoms with Crippen molar-refractivity contribution in [1.29, 1.82) is 0 Å². The third-order valence-corrected chi connectivity index (χ3v) is 2.49. The molecule has 0 bridgehead atoms. The highest BCUT2D eigenvalue weighted by atomic mass is 79.9. The molecular weight excluding hydrogens is 266 g/mol. The summed E-state index contributed by atoms with van der Waals surface area (Å²) in [5.41, 5.74) is 1.20. The number of hydrogen-bond donors (Lipinski definition) is 2. The maximum atomic E-state index is 4.49. The van der Waals surface area contributed by atoms with Crippen molar-refractivity contribution in [3.05, 3.63) is 34.3 Å². The lowest BCUT2D eigenvalue weighted by Gasteiger charge is -2.09. The number of rotatable bonds is 4. The highest BCUT2D eigenvalue weighted by molar-refractivity contribution is 9.10. The van der Waals surface area contributed by atoms with Crippen LogP contribution >= 0.6 is 15.9 Å². The van der Waals surface area contributed by atoms with Crippen molar-refractivity contribution < 1.29 is 0 Å². The zero-order chi connectivity index (χ0) is 11.8. The molecule has 0 saturated heterocycles. The van der Waals surface area contributed by atoms with Crippen LogP contribution in [-0.4, -0.2) is 19.0 Å². The van der Waals surface area contributed by atoms with Crippen LogP contribution in [0.15, 0.2) is 33.7 Å². The third kappa shape index (κ3) is 4.66. The fourth-order valence-corrected chi connectivity index (χ4v) is 1.76. The Morgan fingerprint density at radius 3 is 2.50 bits per heavy atom. The first-order valence-corrected chi connectivity index (χ1v) is 6.32. The second-order valence-corrected chi connectivity index (χ2v) is 4.27. The van der Waals surface area contributed by atoms with Gasteiger partial charge in [0.1, 0.15) is 0 Å². The van der Waals surface area contributed by atoms with E-state index < -0.39 is 0 Å². The van der Waals surface area contributed by atoms with Crippen LogP contribution in [0.3, 0.4) is 0 Å². The van der Waals surface area contributed by atoms with Gasteiger partial charge in [0.05, 0.1) is 6.54 Å². The van der Waals surface area contributed by atoms with Crippen molar-refractivity contribution in [2.24, 2.45) is 4.99 Å². The zero-order valence-corrected chi connectivity index (χ0v) is 11.3. The molecule has 0 saturated carbocycles. The van der Waals surface area contributed by atoms with Crippen molar-refractivity contribution in [2.45, 2.75) is 20.4 Å². The SMILES string of the molecule is CCNC(=NCc1cccc(Br)c1)NCC. The molecule has 0 aromatic heterocycles. The van der Waals surface area contributed by atoms with Crippen molar-refractivity contribution in [3.8, 4) is 0 Å². The van der Waals surface area contributed by atoms with E-state index in [0.29, 0.717) is 6.54 Å². The van der Waals surface area contributed by atoms with E-state index in [1.165, 1.54) is 5.56 Å². The Morgan fingerprint density at radius 2 is 1.94 bits per heavy atom. The van der Waals surface area contributed by atoms with Crippen molar-refractivity contribution in [3.63, 3.8) is 0 Å². The quantitative estimate of drug-likeness (QED) is 0.658. The van der Waals surface area contributed by atoms with Crippen LogP contribution in [0, 0.1) is 0 Å². The lowest BCUT2D eigenvalue weighted by atomic mass is 10.2. The molecule has 3 nitrogen and oxygen atoms in total. The summed E-state index contributed by atoms with van der Waals surface area (Å²) in [5, 5.41) is 6.39. The second-order valence-electron chi connectivity index (χ2n) is 3.36. The largest absolute Gasteiger partial charge is 0.357 e. The number of benzene rings is 1. The number of nitrogens with zero attached hydrogens (tertiary/aromatic N) is 1. The Labute approximate surface area is 105 Å². The van der Waals surface area contributed by atoms with Crippen LogP contribution in [0.25, 0.3) is 0 Å². The molecule has 1 aromatic carbocycles. The topological polar surface area (TPSA) is 36.4 Å². The number of aliphatic imine (C=N–C) groups is 1. The maximum absolute atomic E-state index is 4.49. The van der Waals surface area contributed by atoms with Gasteiger partial charge in [0, 0.05) is 17.6 Å². The van der Waals surface area contributed by atoms with E-state index in [9.17, 15) is 0 Å². The molecule has 0 spiro atoms. The molecular formula is C12H18BrN3. The van der Waals surface area contributed by atoms with Crippen LogP contribution in [0.5, 0.6) is 0 Å². The minimum absolute atomic E-state index is 0.689. The standard InChI is InChI=1S/C12H18BrN3/c1-3-14-12(15-4-2)16-9-10-6-5-7-11(13)8-10/h5-8H,3-4,9H2,1-2H3,(H2,14,15,16). The first kappa shape index (κ1) is 13.0. The van der Waals surface area contributed by atoms with Gasteiger partial charge in [-0.15, -0.1) is 0 Å². The van der Waals surface area contributed by atoms with Crippen LogP contribution in [-0.2, 0) is 6.54 Å². The molecule has 2 N–H and O–H groups in total. The molecule has 1 rings (SSSR count). The summed E-state index contributed by atoms with van der Waals surface area (Å²) in [4.78, 5) is 4.49.